The molecule has 0 spiro atoms. The van der Waals surface area contributed by atoms with E-state index in [0.29, 0.717) is 22.0 Å². The summed E-state index contributed by atoms with van der Waals surface area (Å²) in [5.41, 5.74) is 5.14. The highest BCUT2D eigenvalue weighted by atomic mass is 35.5. The molecule has 1 saturated carbocycles. The topological polar surface area (TPSA) is 137 Å². The molecule has 8 nitrogen and oxygen atoms in total. The van der Waals surface area contributed by atoms with E-state index < -0.39 is 17.7 Å². The second-order valence-corrected chi connectivity index (χ2v) is 8.53. The fourth-order valence-corrected chi connectivity index (χ4v) is 4.98. The van der Waals surface area contributed by atoms with Crippen LogP contribution in [-0.4, -0.2) is 48.7 Å². The Bertz CT molecular complexity index is 1050. The predicted octanol–water partition coefficient (Wildman–Crippen LogP) is 2.51. The number of fused-ring (bicyclic) bond motifs is 1. The lowest BCUT2D eigenvalue weighted by atomic mass is 10.0. The molecule has 6 N–H and O–H groups in total. The highest BCUT2D eigenvalue weighted by Gasteiger charge is 2.47. The number of nitrogens with one attached hydrogen (secondary N) is 1. The average Bonchev–Trinajstić information content (AvgIpc) is 3.15. The van der Waals surface area contributed by atoms with Crippen LogP contribution in [0.2, 0.25) is 10.2 Å². The van der Waals surface area contributed by atoms with E-state index in [9.17, 15) is 15.3 Å². The molecule has 3 aromatic rings. The number of nitrogen functional groups attached to an aromatic ring is 1. The minimum atomic E-state index is -1.69. The third kappa shape index (κ3) is 3.38. The van der Waals surface area contributed by atoms with Crippen LogP contribution in [0.5, 0.6) is 0 Å². The van der Waals surface area contributed by atoms with Gasteiger partial charge in [-0.1, -0.05) is 23.2 Å². The van der Waals surface area contributed by atoms with E-state index in [1.165, 1.54) is 11.3 Å². The summed E-state index contributed by atoms with van der Waals surface area (Å²) in [5, 5.41) is 34.7. The zero-order valence-corrected chi connectivity index (χ0v) is 16.8. The lowest BCUT2D eigenvalue weighted by molar-refractivity contribution is -0.0545. The van der Waals surface area contributed by atoms with Crippen LogP contribution in [0.4, 0.5) is 11.8 Å². The first-order chi connectivity index (χ1) is 13.3. The molecule has 1 aromatic carbocycles. The molecule has 4 rings (SSSR count). The Balaban J connectivity index is 1.80. The van der Waals surface area contributed by atoms with Crippen molar-refractivity contribution in [1.82, 2.24) is 15.0 Å². The summed E-state index contributed by atoms with van der Waals surface area (Å²) in [4.78, 5) is 12.7. The van der Waals surface area contributed by atoms with Crippen molar-refractivity contribution >= 4 is 56.5 Å². The van der Waals surface area contributed by atoms with Crippen molar-refractivity contribution < 1.29 is 15.3 Å². The molecular formula is C17H17Cl2N5O3S. The van der Waals surface area contributed by atoms with Gasteiger partial charge in [0.15, 0.2) is 5.72 Å². The van der Waals surface area contributed by atoms with E-state index in [2.05, 4.69) is 20.3 Å². The summed E-state index contributed by atoms with van der Waals surface area (Å²) < 4.78 is 0.848. The second-order valence-electron chi connectivity index (χ2n) is 6.70. The van der Waals surface area contributed by atoms with Crippen molar-refractivity contribution in [3.63, 3.8) is 0 Å². The third-order valence-electron chi connectivity index (χ3n) is 4.85. The number of aromatic nitrogens is 3. The molecule has 3 unspecified atom stereocenters. The van der Waals surface area contributed by atoms with Gasteiger partial charge in [0.05, 0.1) is 15.8 Å². The van der Waals surface area contributed by atoms with Crippen LogP contribution in [0.25, 0.3) is 20.8 Å². The minimum absolute atomic E-state index is 0.0648. The number of nitrogens with zero attached hydrogens (tertiary/aromatic N) is 3. The zero-order chi connectivity index (χ0) is 20.1. The average molecular weight is 442 g/mol. The molecule has 148 valence electrons. The molecule has 0 radical (unpaired) electrons. The van der Waals surface area contributed by atoms with Crippen molar-refractivity contribution in [2.45, 2.75) is 24.7 Å². The van der Waals surface area contributed by atoms with Gasteiger partial charge in [0.25, 0.3) is 0 Å². The van der Waals surface area contributed by atoms with Crippen LogP contribution in [-0.2, 0) is 0 Å². The van der Waals surface area contributed by atoms with Gasteiger partial charge in [-0.3, -0.25) is 0 Å². The van der Waals surface area contributed by atoms with Crippen molar-refractivity contribution in [3.05, 3.63) is 28.4 Å². The molecule has 11 heteroatoms. The SMILES string of the molecule is Nc1nc(Cl)c(-c2nc3ccc(Cl)cc3s2)c(NC2(O)CCC(CO)C2O)n1. The van der Waals surface area contributed by atoms with Gasteiger partial charge in [0, 0.05) is 17.5 Å². The van der Waals surface area contributed by atoms with E-state index in [0.717, 1.165) is 10.2 Å². The van der Waals surface area contributed by atoms with Gasteiger partial charge >= 0.3 is 0 Å². The quantitative estimate of drug-likeness (QED) is 0.307. The fraction of sp³-hybridized carbons (Fsp3) is 0.353. The van der Waals surface area contributed by atoms with Crippen molar-refractivity contribution in [3.8, 4) is 10.6 Å². The summed E-state index contributed by atoms with van der Waals surface area (Å²) in [6.45, 7) is -0.233. The smallest absolute Gasteiger partial charge is 0.223 e. The number of nitrogens with two attached hydrogens (primary N) is 1. The van der Waals surface area contributed by atoms with E-state index in [-0.39, 0.29) is 29.9 Å². The first kappa shape index (κ1) is 19.6. The number of halogens is 2. The number of aliphatic hydroxyl groups is 3. The van der Waals surface area contributed by atoms with E-state index in [1.807, 2.05) is 0 Å². The van der Waals surface area contributed by atoms with Crippen molar-refractivity contribution in [2.24, 2.45) is 5.92 Å². The maximum absolute atomic E-state index is 10.9. The van der Waals surface area contributed by atoms with Gasteiger partial charge < -0.3 is 26.4 Å². The summed E-state index contributed by atoms with van der Waals surface area (Å²) in [6, 6.07) is 5.31. The molecule has 1 aliphatic rings. The molecule has 0 bridgehead atoms. The Morgan fingerprint density at radius 3 is 2.79 bits per heavy atom. The Labute approximate surface area is 174 Å². The Hall–Kier alpha value is -1.75. The molecule has 0 amide bonds. The van der Waals surface area contributed by atoms with Gasteiger partial charge in [-0.25, -0.2) is 9.97 Å². The molecule has 2 aromatic heterocycles. The minimum Gasteiger partial charge on any atom is -0.396 e. The Morgan fingerprint density at radius 2 is 2.07 bits per heavy atom. The Kier molecular flexibility index (Phi) is 5.07. The molecule has 1 fully saturated rings. The van der Waals surface area contributed by atoms with Crippen LogP contribution in [0.3, 0.4) is 0 Å². The zero-order valence-electron chi connectivity index (χ0n) is 14.4. The highest BCUT2D eigenvalue weighted by molar-refractivity contribution is 7.21. The predicted molar refractivity (Wildman–Crippen MR) is 109 cm³/mol. The van der Waals surface area contributed by atoms with Crippen molar-refractivity contribution in [1.29, 1.82) is 0 Å². The second kappa shape index (κ2) is 7.25. The lowest BCUT2D eigenvalue weighted by Gasteiger charge is -2.30. The number of aliphatic hydroxyl groups excluding tert-OH is 2. The molecule has 3 atom stereocenters. The van der Waals surface area contributed by atoms with Crippen molar-refractivity contribution in [2.75, 3.05) is 17.7 Å². The van der Waals surface area contributed by atoms with Gasteiger partial charge in [-0.15, -0.1) is 11.3 Å². The summed E-state index contributed by atoms with van der Waals surface area (Å²) in [5.74, 6) is -0.377. The third-order valence-corrected chi connectivity index (χ3v) is 6.39. The first-order valence-electron chi connectivity index (χ1n) is 8.49. The molecule has 2 heterocycles. The van der Waals surface area contributed by atoms with Gasteiger partial charge in [-0.2, -0.15) is 4.98 Å². The number of hydrogen-bond donors (Lipinski definition) is 5. The van der Waals surface area contributed by atoms with Crippen LogP contribution in [0, 0.1) is 5.92 Å². The molecule has 28 heavy (non-hydrogen) atoms. The van der Waals surface area contributed by atoms with Crippen LogP contribution >= 0.6 is 34.5 Å². The first-order valence-corrected chi connectivity index (χ1v) is 10.1. The summed E-state index contributed by atoms with van der Waals surface area (Å²) in [6.07, 6.45) is -0.519. The molecule has 1 aliphatic carbocycles. The van der Waals surface area contributed by atoms with Crippen LogP contribution < -0.4 is 11.1 Å². The normalized spacial score (nSPS) is 24.8. The number of rotatable bonds is 4. The fourth-order valence-electron chi connectivity index (χ4n) is 3.37. The summed E-state index contributed by atoms with van der Waals surface area (Å²) >= 11 is 13.7. The maximum Gasteiger partial charge on any atom is 0.223 e. The van der Waals surface area contributed by atoms with E-state index in [1.54, 1.807) is 18.2 Å². The number of benzene rings is 1. The number of hydrogen-bond acceptors (Lipinski definition) is 9. The lowest BCUT2D eigenvalue weighted by Crippen LogP contribution is -2.48. The Morgan fingerprint density at radius 1 is 1.29 bits per heavy atom. The molecular weight excluding hydrogens is 425 g/mol. The van der Waals surface area contributed by atoms with Gasteiger partial charge in [0.1, 0.15) is 22.1 Å². The summed E-state index contributed by atoms with van der Waals surface area (Å²) in [7, 11) is 0. The number of anilines is 2. The molecule has 0 aliphatic heterocycles. The van der Waals surface area contributed by atoms with E-state index in [4.69, 9.17) is 28.9 Å². The number of thiazole rings is 1. The van der Waals surface area contributed by atoms with Gasteiger partial charge in [-0.05, 0) is 31.0 Å². The molecule has 0 saturated heterocycles. The van der Waals surface area contributed by atoms with Crippen LogP contribution in [0.15, 0.2) is 18.2 Å². The van der Waals surface area contributed by atoms with E-state index >= 15 is 0 Å². The monoisotopic (exact) mass is 441 g/mol. The highest BCUT2D eigenvalue weighted by Crippen LogP contribution is 2.42. The maximum atomic E-state index is 10.9. The van der Waals surface area contributed by atoms with Gasteiger partial charge in [0.2, 0.25) is 5.95 Å². The van der Waals surface area contributed by atoms with Crippen LogP contribution in [0.1, 0.15) is 12.8 Å². The standard InChI is InChI=1S/C17H17Cl2N5O3S/c18-8-1-2-9-10(5-8)28-15(21-9)11-13(19)22-16(20)23-14(11)24-17(27)4-3-7(6-25)12(17)26/h1-2,5,7,12,25-27H,3-4,6H2,(H3,20,22,23,24). The largest absolute Gasteiger partial charge is 0.396 e.